The number of sulfonamides is 1. The molecule has 0 aliphatic rings. The maximum Gasteiger partial charge on any atom is 0.335 e. The molecule has 1 amide bonds. The van der Waals surface area contributed by atoms with Crippen LogP contribution >= 0.6 is 27.7 Å². The van der Waals surface area contributed by atoms with Gasteiger partial charge in [0.2, 0.25) is 15.9 Å². The van der Waals surface area contributed by atoms with E-state index in [1.165, 1.54) is 31.5 Å². The van der Waals surface area contributed by atoms with Crippen LogP contribution in [0.25, 0.3) is 11.1 Å². The van der Waals surface area contributed by atoms with Crippen molar-refractivity contribution in [2.24, 2.45) is 0 Å². The van der Waals surface area contributed by atoms with Crippen molar-refractivity contribution in [3.05, 3.63) is 77.5 Å². The third-order valence-electron chi connectivity index (χ3n) is 5.26. The van der Waals surface area contributed by atoms with Gasteiger partial charge in [0.05, 0.1) is 4.90 Å². The SMILES string of the molecule is CC(=O)NCCCCC(NS(=O)(=O)c1ccc(-c2ccc(Br)cc2)cc1)(Sc1ccncc1)C(=O)O. The quantitative estimate of drug-likeness (QED) is 0.159. The number of nitrogens with one attached hydrogen (secondary N) is 2. The molecule has 0 fully saturated rings. The molecule has 1 aromatic heterocycles. The van der Waals surface area contributed by atoms with E-state index in [0.29, 0.717) is 24.3 Å². The van der Waals surface area contributed by atoms with Gasteiger partial charge in [-0.3, -0.25) is 9.78 Å². The number of carboxylic acids is 1. The summed E-state index contributed by atoms with van der Waals surface area (Å²) in [6, 6.07) is 17.1. The van der Waals surface area contributed by atoms with Crippen molar-refractivity contribution in [3.8, 4) is 11.1 Å². The third-order valence-corrected chi connectivity index (χ3v) is 8.76. The molecule has 0 saturated heterocycles. The van der Waals surface area contributed by atoms with Gasteiger partial charge in [0.25, 0.3) is 0 Å². The van der Waals surface area contributed by atoms with Crippen molar-refractivity contribution in [1.82, 2.24) is 15.0 Å². The van der Waals surface area contributed by atoms with E-state index >= 15 is 0 Å². The van der Waals surface area contributed by atoms with Crippen LogP contribution in [-0.2, 0) is 19.6 Å². The van der Waals surface area contributed by atoms with Crippen molar-refractivity contribution in [3.63, 3.8) is 0 Å². The molecule has 0 aliphatic heterocycles. The monoisotopic (exact) mass is 591 g/mol. The average Bonchev–Trinajstić information content (AvgIpc) is 2.84. The largest absolute Gasteiger partial charge is 0.479 e. The van der Waals surface area contributed by atoms with Gasteiger partial charge in [0, 0.05) is 35.2 Å². The zero-order chi connectivity index (χ0) is 26.2. The Morgan fingerprint density at radius 1 is 0.972 bits per heavy atom. The minimum absolute atomic E-state index is 0.00507. The van der Waals surface area contributed by atoms with E-state index in [0.717, 1.165) is 27.4 Å². The number of amides is 1. The lowest BCUT2D eigenvalue weighted by Gasteiger charge is -2.30. The molecule has 0 aliphatic carbocycles. The predicted molar refractivity (Wildman–Crippen MR) is 143 cm³/mol. The van der Waals surface area contributed by atoms with Gasteiger partial charge in [-0.1, -0.05) is 52.0 Å². The second kappa shape index (κ2) is 12.5. The summed E-state index contributed by atoms with van der Waals surface area (Å²) in [7, 11) is -4.19. The van der Waals surface area contributed by atoms with Crippen LogP contribution in [0.4, 0.5) is 0 Å². The smallest absolute Gasteiger partial charge is 0.335 e. The van der Waals surface area contributed by atoms with E-state index in [1.807, 2.05) is 24.3 Å². The lowest BCUT2D eigenvalue weighted by Crippen LogP contribution is -2.51. The molecule has 3 rings (SSSR count). The number of aliphatic carboxylic acids is 1. The summed E-state index contributed by atoms with van der Waals surface area (Å²) < 4.78 is 30.1. The zero-order valence-corrected chi connectivity index (χ0v) is 22.7. The fourth-order valence-corrected chi connectivity index (χ4v) is 6.42. The van der Waals surface area contributed by atoms with E-state index < -0.39 is 20.9 Å². The van der Waals surface area contributed by atoms with Crippen molar-refractivity contribution in [1.29, 1.82) is 0 Å². The topological polar surface area (TPSA) is 125 Å². The summed E-state index contributed by atoms with van der Waals surface area (Å²) in [6.45, 7) is 1.77. The summed E-state index contributed by atoms with van der Waals surface area (Å²) >= 11 is 4.30. The number of unbranched alkanes of at least 4 members (excludes halogenated alkanes) is 1. The number of aromatic nitrogens is 1. The molecule has 3 aromatic rings. The molecule has 0 bridgehead atoms. The minimum Gasteiger partial charge on any atom is -0.479 e. The average molecular weight is 593 g/mol. The molecular weight excluding hydrogens is 566 g/mol. The molecule has 36 heavy (non-hydrogen) atoms. The molecule has 1 atom stereocenters. The first-order chi connectivity index (χ1) is 17.1. The Bertz CT molecular complexity index is 1290. The number of carboxylic acid groups (broad SMARTS) is 1. The highest BCUT2D eigenvalue weighted by atomic mass is 79.9. The van der Waals surface area contributed by atoms with E-state index in [-0.39, 0.29) is 17.2 Å². The molecular formula is C25H26BrN3O5S2. The Hall–Kier alpha value is -2.73. The number of pyridine rings is 1. The number of carbonyl (C=O) groups excluding carboxylic acids is 1. The van der Waals surface area contributed by atoms with Crippen LogP contribution in [0.1, 0.15) is 26.2 Å². The lowest BCUT2D eigenvalue weighted by molar-refractivity contribution is -0.140. The lowest BCUT2D eigenvalue weighted by atomic mass is 10.1. The number of thioether (sulfide) groups is 1. The number of carbonyl (C=O) groups is 2. The molecule has 1 unspecified atom stereocenters. The van der Waals surface area contributed by atoms with E-state index in [4.69, 9.17) is 0 Å². The van der Waals surface area contributed by atoms with Crippen LogP contribution in [-0.4, -0.2) is 41.8 Å². The summed E-state index contributed by atoms with van der Waals surface area (Å²) in [6.07, 6.45) is 3.90. The number of halogens is 1. The van der Waals surface area contributed by atoms with E-state index in [1.54, 1.807) is 24.3 Å². The number of rotatable bonds is 12. The maximum absolute atomic E-state index is 13.3. The highest BCUT2D eigenvalue weighted by Crippen LogP contribution is 2.37. The molecule has 1 heterocycles. The second-order valence-electron chi connectivity index (χ2n) is 7.99. The molecule has 2 aromatic carbocycles. The molecule has 3 N–H and O–H groups in total. The Balaban J connectivity index is 1.86. The van der Waals surface area contributed by atoms with Crippen LogP contribution in [0, 0.1) is 0 Å². The predicted octanol–water partition coefficient (Wildman–Crippen LogP) is 4.67. The van der Waals surface area contributed by atoms with Crippen molar-refractivity contribution in [2.75, 3.05) is 6.54 Å². The summed E-state index contributed by atoms with van der Waals surface area (Å²) in [4.78, 5) is 26.3. The van der Waals surface area contributed by atoms with Crippen LogP contribution in [0.2, 0.25) is 0 Å². The summed E-state index contributed by atoms with van der Waals surface area (Å²) in [5.74, 6) is -1.49. The van der Waals surface area contributed by atoms with Gasteiger partial charge in [-0.05, 0) is 66.8 Å². The summed E-state index contributed by atoms with van der Waals surface area (Å²) in [5, 5.41) is 12.9. The van der Waals surface area contributed by atoms with Gasteiger partial charge < -0.3 is 10.4 Å². The first-order valence-electron chi connectivity index (χ1n) is 11.1. The Morgan fingerprint density at radius 3 is 2.11 bits per heavy atom. The number of nitrogens with zero attached hydrogens (tertiary/aromatic N) is 1. The van der Waals surface area contributed by atoms with Gasteiger partial charge in [0.1, 0.15) is 0 Å². The molecule has 8 nitrogen and oxygen atoms in total. The van der Waals surface area contributed by atoms with Gasteiger partial charge in [0.15, 0.2) is 4.87 Å². The fraction of sp³-hybridized carbons (Fsp3) is 0.240. The molecule has 11 heteroatoms. The number of hydrogen-bond donors (Lipinski definition) is 3. The van der Waals surface area contributed by atoms with Crippen LogP contribution in [0.15, 0.2) is 87.3 Å². The van der Waals surface area contributed by atoms with E-state index in [2.05, 4.69) is 31.0 Å². The van der Waals surface area contributed by atoms with Crippen molar-refractivity contribution < 1.29 is 23.1 Å². The normalized spacial score (nSPS) is 13.1. The highest BCUT2D eigenvalue weighted by molar-refractivity contribution is 9.10. The van der Waals surface area contributed by atoms with Crippen molar-refractivity contribution in [2.45, 2.75) is 40.8 Å². The van der Waals surface area contributed by atoms with Gasteiger partial charge >= 0.3 is 5.97 Å². The zero-order valence-electron chi connectivity index (χ0n) is 19.5. The van der Waals surface area contributed by atoms with Gasteiger partial charge in [-0.2, -0.15) is 4.72 Å². The van der Waals surface area contributed by atoms with E-state index in [9.17, 15) is 23.1 Å². The number of benzene rings is 2. The first kappa shape index (κ1) is 27.9. The third kappa shape index (κ3) is 7.63. The standard InChI is InChI=1S/C25H26BrN3O5S2/c1-18(30)28-15-3-2-14-25(24(31)32,35-22-12-16-27-17-13-22)29-36(33,34)23-10-6-20(7-11-23)19-4-8-21(26)9-5-19/h4-13,16-17,29H,2-3,14-15H2,1H3,(H,28,30)(H,31,32). The molecule has 0 saturated carbocycles. The summed E-state index contributed by atoms with van der Waals surface area (Å²) in [5.41, 5.74) is 1.75. The second-order valence-corrected chi connectivity index (χ2v) is 12.0. The number of hydrogen-bond acceptors (Lipinski definition) is 6. The highest BCUT2D eigenvalue weighted by Gasteiger charge is 2.43. The molecule has 0 radical (unpaired) electrons. The van der Waals surface area contributed by atoms with Gasteiger partial charge in [-0.15, -0.1) is 0 Å². The Labute approximate surface area is 223 Å². The Kier molecular flexibility index (Phi) is 9.66. The van der Waals surface area contributed by atoms with Crippen LogP contribution < -0.4 is 10.0 Å². The maximum atomic E-state index is 13.3. The van der Waals surface area contributed by atoms with Gasteiger partial charge in [-0.25, -0.2) is 13.2 Å². The Morgan fingerprint density at radius 2 is 1.56 bits per heavy atom. The van der Waals surface area contributed by atoms with Crippen LogP contribution in [0.5, 0.6) is 0 Å². The molecule has 190 valence electrons. The first-order valence-corrected chi connectivity index (χ1v) is 14.2. The van der Waals surface area contributed by atoms with Crippen molar-refractivity contribution >= 4 is 49.6 Å². The van der Waals surface area contributed by atoms with Crippen LogP contribution in [0.3, 0.4) is 0 Å². The fourth-order valence-electron chi connectivity index (χ4n) is 3.43. The minimum atomic E-state index is -4.19. The molecule has 0 spiro atoms.